The second-order valence-electron chi connectivity index (χ2n) is 5.50. The van der Waals surface area contributed by atoms with Crippen molar-refractivity contribution in [1.29, 1.82) is 5.26 Å². The van der Waals surface area contributed by atoms with E-state index in [1.807, 2.05) is 20.2 Å². The van der Waals surface area contributed by atoms with Crippen LogP contribution >= 0.6 is 0 Å². The second-order valence-corrected chi connectivity index (χ2v) is 5.50. The first-order chi connectivity index (χ1) is 11.6. The minimum Gasteiger partial charge on any atom is -0.354 e. The van der Waals surface area contributed by atoms with Gasteiger partial charge in [0.05, 0.1) is 11.6 Å². The van der Waals surface area contributed by atoms with Gasteiger partial charge < -0.3 is 15.5 Å². The van der Waals surface area contributed by atoms with Gasteiger partial charge in [-0.1, -0.05) is 6.07 Å². The molecule has 0 unspecified atom stereocenters. The van der Waals surface area contributed by atoms with Gasteiger partial charge in [0.1, 0.15) is 5.69 Å². The van der Waals surface area contributed by atoms with Crippen molar-refractivity contribution in [2.75, 3.05) is 37.8 Å². The van der Waals surface area contributed by atoms with Crippen molar-refractivity contribution in [3.8, 4) is 6.07 Å². The number of carbonyl (C=O) groups is 1. The summed E-state index contributed by atoms with van der Waals surface area (Å²) in [5.74, 6) is 0.0796. The fourth-order valence-electron chi connectivity index (χ4n) is 2.03. The van der Waals surface area contributed by atoms with Gasteiger partial charge in [-0.3, -0.25) is 4.79 Å². The van der Waals surface area contributed by atoms with Crippen molar-refractivity contribution in [3.63, 3.8) is 0 Å². The van der Waals surface area contributed by atoms with Gasteiger partial charge in [0.2, 0.25) is 5.95 Å². The van der Waals surface area contributed by atoms with E-state index < -0.39 is 0 Å². The average molecular weight is 324 g/mol. The van der Waals surface area contributed by atoms with E-state index in [9.17, 15) is 4.79 Å². The van der Waals surface area contributed by atoms with Crippen molar-refractivity contribution < 1.29 is 4.79 Å². The first kappa shape index (κ1) is 17.4. The van der Waals surface area contributed by atoms with E-state index >= 15 is 0 Å². The Kier molecular flexibility index (Phi) is 6.23. The van der Waals surface area contributed by atoms with E-state index in [0.717, 1.165) is 19.5 Å². The largest absolute Gasteiger partial charge is 0.354 e. The molecule has 0 aliphatic heterocycles. The zero-order valence-corrected chi connectivity index (χ0v) is 13.8. The van der Waals surface area contributed by atoms with Crippen LogP contribution in [0.15, 0.2) is 36.5 Å². The number of nitriles is 1. The molecule has 0 saturated carbocycles. The number of hydrogen-bond donors (Lipinski definition) is 2. The summed E-state index contributed by atoms with van der Waals surface area (Å²) in [6.07, 6.45) is 2.50. The standard InChI is InChI=1S/C17H20N6O/c1-23(2)10-4-8-19-17-20-9-7-15(22-17)16(24)21-14-6-3-5-13(11-14)12-18/h3,5-7,9,11H,4,8,10H2,1-2H3,(H,21,24)(H,19,20,22). The number of nitrogens with zero attached hydrogens (tertiary/aromatic N) is 4. The molecular formula is C17H20N6O. The maximum Gasteiger partial charge on any atom is 0.274 e. The summed E-state index contributed by atoms with van der Waals surface area (Å²) in [4.78, 5) is 22.7. The van der Waals surface area contributed by atoms with Crippen LogP contribution in [0.2, 0.25) is 0 Å². The zero-order chi connectivity index (χ0) is 17.4. The third-order valence-electron chi connectivity index (χ3n) is 3.20. The smallest absolute Gasteiger partial charge is 0.274 e. The highest BCUT2D eigenvalue weighted by atomic mass is 16.1. The molecule has 0 bridgehead atoms. The number of amides is 1. The van der Waals surface area contributed by atoms with E-state index in [4.69, 9.17) is 5.26 Å². The fraction of sp³-hybridized carbons (Fsp3) is 0.294. The van der Waals surface area contributed by atoms with Gasteiger partial charge in [0.15, 0.2) is 0 Å². The molecule has 0 atom stereocenters. The summed E-state index contributed by atoms with van der Waals surface area (Å²) >= 11 is 0. The van der Waals surface area contributed by atoms with Crippen LogP contribution in [0.4, 0.5) is 11.6 Å². The molecule has 2 rings (SSSR count). The third kappa shape index (κ3) is 5.34. The molecule has 124 valence electrons. The summed E-state index contributed by atoms with van der Waals surface area (Å²) in [6, 6.07) is 10.3. The summed E-state index contributed by atoms with van der Waals surface area (Å²) < 4.78 is 0. The number of aromatic nitrogens is 2. The minimum atomic E-state index is -0.344. The van der Waals surface area contributed by atoms with Gasteiger partial charge in [-0.05, 0) is 51.3 Å². The number of rotatable bonds is 7. The Morgan fingerprint density at radius 1 is 1.33 bits per heavy atom. The van der Waals surface area contributed by atoms with Crippen molar-refractivity contribution >= 4 is 17.5 Å². The molecule has 0 radical (unpaired) electrons. The van der Waals surface area contributed by atoms with E-state index in [1.165, 1.54) is 0 Å². The van der Waals surface area contributed by atoms with Crippen LogP contribution in [-0.2, 0) is 0 Å². The normalized spacial score (nSPS) is 10.2. The van der Waals surface area contributed by atoms with E-state index in [2.05, 4.69) is 25.5 Å². The minimum absolute atomic E-state index is 0.266. The van der Waals surface area contributed by atoms with Gasteiger partial charge in [0.25, 0.3) is 5.91 Å². The molecule has 7 heteroatoms. The molecule has 7 nitrogen and oxygen atoms in total. The highest BCUT2D eigenvalue weighted by molar-refractivity contribution is 6.03. The Morgan fingerprint density at radius 3 is 2.92 bits per heavy atom. The number of hydrogen-bond acceptors (Lipinski definition) is 6. The predicted molar refractivity (Wildman–Crippen MR) is 92.8 cm³/mol. The number of carbonyl (C=O) groups excluding carboxylic acids is 1. The highest BCUT2D eigenvalue weighted by Crippen LogP contribution is 2.11. The molecule has 2 aromatic rings. The van der Waals surface area contributed by atoms with Gasteiger partial charge in [-0.25, -0.2) is 9.97 Å². The Bertz CT molecular complexity index is 738. The molecule has 0 aliphatic rings. The summed E-state index contributed by atoms with van der Waals surface area (Å²) in [6.45, 7) is 1.69. The van der Waals surface area contributed by atoms with Crippen molar-refractivity contribution in [3.05, 3.63) is 47.8 Å². The van der Waals surface area contributed by atoms with Crippen molar-refractivity contribution in [2.24, 2.45) is 0 Å². The predicted octanol–water partition coefficient (Wildman–Crippen LogP) is 1.96. The lowest BCUT2D eigenvalue weighted by atomic mass is 10.2. The second kappa shape index (κ2) is 8.60. The lowest BCUT2D eigenvalue weighted by Gasteiger charge is -2.10. The molecule has 24 heavy (non-hydrogen) atoms. The lowest BCUT2D eigenvalue weighted by molar-refractivity contribution is 0.102. The van der Waals surface area contributed by atoms with Crippen LogP contribution in [0.3, 0.4) is 0 Å². The van der Waals surface area contributed by atoms with Crippen LogP contribution < -0.4 is 10.6 Å². The zero-order valence-electron chi connectivity index (χ0n) is 13.8. The average Bonchev–Trinajstić information content (AvgIpc) is 2.59. The lowest BCUT2D eigenvalue weighted by Crippen LogP contribution is -2.18. The van der Waals surface area contributed by atoms with Gasteiger partial charge in [-0.2, -0.15) is 5.26 Å². The molecule has 1 aromatic heterocycles. The quantitative estimate of drug-likeness (QED) is 0.756. The van der Waals surface area contributed by atoms with Crippen LogP contribution in [0.25, 0.3) is 0 Å². The molecular weight excluding hydrogens is 304 g/mol. The number of nitrogens with one attached hydrogen (secondary N) is 2. The Morgan fingerprint density at radius 2 is 2.17 bits per heavy atom. The summed E-state index contributed by atoms with van der Waals surface area (Å²) in [5, 5.41) is 14.7. The molecule has 0 fully saturated rings. The molecule has 0 aliphatic carbocycles. The Balaban J connectivity index is 1.97. The van der Waals surface area contributed by atoms with Crippen LogP contribution in [0, 0.1) is 11.3 Å². The molecule has 0 spiro atoms. The van der Waals surface area contributed by atoms with Gasteiger partial charge in [0, 0.05) is 18.4 Å². The van der Waals surface area contributed by atoms with Gasteiger partial charge in [-0.15, -0.1) is 0 Å². The molecule has 2 N–H and O–H groups in total. The monoisotopic (exact) mass is 324 g/mol. The number of anilines is 2. The maximum atomic E-state index is 12.3. The van der Waals surface area contributed by atoms with Crippen LogP contribution in [-0.4, -0.2) is 48.0 Å². The summed E-state index contributed by atoms with van der Waals surface area (Å²) in [5.41, 5.74) is 1.30. The summed E-state index contributed by atoms with van der Waals surface area (Å²) in [7, 11) is 4.03. The van der Waals surface area contributed by atoms with Gasteiger partial charge >= 0.3 is 0 Å². The maximum absolute atomic E-state index is 12.3. The van der Waals surface area contributed by atoms with E-state index in [-0.39, 0.29) is 11.6 Å². The first-order valence-electron chi connectivity index (χ1n) is 7.61. The fourth-order valence-corrected chi connectivity index (χ4v) is 2.03. The highest BCUT2D eigenvalue weighted by Gasteiger charge is 2.09. The van der Waals surface area contributed by atoms with Crippen molar-refractivity contribution in [1.82, 2.24) is 14.9 Å². The molecule has 1 heterocycles. The van der Waals surface area contributed by atoms with E-state index in [1.54, 1.807) is 36.5 Å². The first-order valence-corrected chi connectivity index (χ1v) is 7.61. The molecule has 1 aromatic carbocycles. The Labute approximate surface area is 141 Å². The third-order valence-corrected chi connectivity index (χ3v) is 3.20. The number of benzene rings is 1. The van der Waals surface area contributed by atoms with Crippen LogP contribution in [0.5, 0.6) is 0 Å². The van der Waals surface area contributed by atoms with E-state index in [0.29, 0.717) is 17.2 Å². The SMILES string of the molecule is CN(C)CCCNc1nccc(C(=O)Nc2cccc(C#N)c2)n1. The van der Waals surface area contributed by atoms with Crippen molar-refractivity contribution in [2.45, 2.75) is 6.42 Å². The Hall–Kier alpha value is -2.98. The molecule has 0 saturated heterocycles. The molecule has 1 amide bonds. The van der Waals surface area contributed by atoms with Crippen LogP contribution in [0.1, 0.15) is 22.5 Å². The topological polar surface area (TPSA) is 93.9 Å².